The Bertz CT molecular complexity index is 264. The Kier molecular flexibility index (Phi) is 3.06. The second kappa shape index (κ2) is 3.87. The minimum atomic E-state index is -2.76. The van der Waals surface area contributed by atoms with Crippen molar-refractivity contribution in [2.24, 2.45) is 0 Å². The molecule has 1 rings (SSSR count). The van der Waals surface area contributed by atoms with E-state index in [4.69, 9.17) is 5.26 Å². The zero-order chi connectivity index (χ0) is 9.03. The topological polar surface area (TPSA) is 70.0 Å². The maximum Gasteiger partial charge on any atom is 0.150 e. The Hall–Kier alpha value is -0.600. The maximum absolute atomic E-state index is 11.0. The van der Waals surface area contributed by atoms with E-state index in [0.717, 1.165) is 0 Å². The largest absolute Gasteiger partial charge is 0.302 e. The average molecular weight is 188 g/mol. The molecule has 0 aromatic carbocycles. The maximum atomic E-state index is 11.0. The molecule has 0 aliphatic carbocycles. The summed E-state index contributed by atoms with van der Waals surface area (Å²) in [6.45, 7) is 0.310. The molecule has 1 aliphatic heterocycles. The van der Waals surface area contributed by atoms with Crippen LogP contribution in [0.4, 0.5) is 0 Å². The van der Waals surface area contributed by atoms with Crippen LogP contribution in [0.5, 0.6) is 0 Å². The minimum Gasteiger partial charge on any atom is -0.302 e. The fourth-order valence-corrected chi connectivity index (χ4v) is 2.78. The summed E-state index contributed by atoms with van der Waals surface area (Å²) in [5.41, 5.74) is 0. The fraction of sp³-hybridized carbons (Fsp3) is 0.857. The number of rotatable bonds is 2. The van der Waals surface area contributed by atoms with Gasteiger partial charge in [0.2, 0.25) is 0 Å². The fourth-order valence-electron chi connectivity index (χ4n) is 1.28. The van der Waals surface area contributed by atoms with Crippen molar-refractivity contribution < 1.29 is 8.42 Å². The van der Waals surface area contributed by atoms with Gasteiger partial charge in [0.25, 0.3) is 0 Å². The first-order valence-corrected chi connectivity index (χ1v) is 5.77. The van der Waals surface area contributed by atoms with Gasteiger partial charge >= 0.3 is 0 Å². The number of sulfone groups is 1. The Morgan fingerprint density at radius 1 is 1.42 bits per heavy atom. The van der Waals surface area contributed by atoms with Crippen LogP contribution < -0.4 is 5.32 Å². The molecule has 1 heterocycles. The Morgan fingerprint density at radius 2 is 2.00 bits per heavy atom. The van der Waals surface area contributed by atoms with Crippen LogP contribution in [0.25, 0.3) is 0 Å². The molecule has 1 N–H and O–H groups in total. The molecule has 68 valence electrons. The van der Waals surface area contributed by atoms with Crippen LogP contribution in [-0.2, 0) is 9.84 Å². The van der Waals surface area contributed by atoms with Gasteiger partial charge in [0.05, 0.1) is 24.1 Å². The summed E-state index contributed by atoms with van der Waals surface area (Å²) in [6.07, 6.45) is 1.29. The summed E-state index contributed by atoms with van der Waals surface area (Å²) in [7, 11) is -2.76. The van der Waals surface area contributed by atoms with Gasteiger partial charge in [-0.1, -0.05) is 0 Å². The number of hydrogen-bond donors (Lipinski definition) is 1. The molecule has 5 heteroatoms. The van der Waals surface area contributed by atoms with Gasteiger partial charge in [-0.3, -0.25) is 0 Å². The summed E-state index contributed by atoms with van der Waals surface area (Å²) < 4.78 is 22.0. The third-order valence-corrected chi connectivity index (χ3v) is 3.74. The van der Waals surface area contributed by atoms with E-state index in [1.54, 1.807) is 0 Å². The van der Waals surface area contributed by atoms with Crippen LogP contribution in [0.1, 0.15) is 12.8 Å². The lowest BCUT2D eigenvalue weighted by atomic mass is 10.1. The number of nitriles is 1. The third kappa shape index (κ3) is 2.80. The summed E-state index contributed by atoms with van der Waals surface area (Å²) in [5, 5.41) is 11.3. The van der Waals surface area contributed by atoms with E-state index in [1.165, 1.54) is 0 Å². The van der Waals surface area contributed by atoms with Gasteiger partial charge in [0.15, 0.2) is 0 Å². The predicted octanol–water partition coefficient (Wildman–Crippen LogP) is -0.323. The van der Waals surface area contributed by atoms with Crippen LogP contribution in [0, 0.1) is 11.3 Å². The van der Waals surface area contributed by atoms with Gasteiger partial charge in [0, 0.05) is 6.04 Å². The lowest BCUT2D eigenvalue weighted by Crippen LogP contribution is -2.37. The zero-order valence-electron chi connectivity index (χ0n) is 6.78. The van der Waals surface area contributed by atoms with Crippen LogP contribution >= 0.6 is 0 Å². The third-order valence-electron chi connectivity index (χ3n) is 2.02. The van der Waals surface area contributed by atoms with Crippen LogP contribution in [0.2, 0.25) is 0 Å². The van der Waals surface area contributed by atoms with E-state index in [1.807, 2.05) is 6.07 Å². The van der Waals surface area contributed by atoms with Crippen molar-refractivity contribution in [2.45, 2.75) is 18.9 Å². The number of hydrogen-bond acceptors (Lipinski definition) is 4. The molecule has 12 heavy (non-hydrogen) atoms. The first-order valence-electron chi connectivity index (χ1n) is 3.95. The molecule has 0 atom stereocenters. The van der Waals surface area contributed by atoms with Gasteiger partial charge in [-0.05, 0) is 12.8 Å². The monoisotopic (exact) mass is 188 g/mol. The summed E-state index contributed by atoms with van der Waals surface area (Å²) in [4.78, 5) is 0. The standard InChI is InChI=1S/C7H12N2O2S/c8-3-4-9-7-1-5-12(10,11)6-2-7/h7,9H,1-2,4-6H2. The number of nitrogens with one attached hydrogen (secondary N) is 1. The highest BCUT2D eigenvalue weighted by molar-refractivity contribution is 7.91. The first kappa shape index (κ1) is 9.49. The van der Waals surface area contributed by atoms with Crippen molar-refractivity contribution in [2.75, 3.05) is 18.1 Å². The van der Waals surface area contributed by atoms with Crippen molar-refractivity contribution in [1.82, 2.24) is 5.32 Å². The van der Waals surface area contributed by atoms with Crippen LogP contribution in [-0.4, -0.2) is 32.5 Å². The molecule has 0 bridgehead atoms. The molecule has 0 unspecified atom stereocenters. The second-order valence-electron chi connectivity index (χ2n) is 2.97. The van der Waals surface area contributed by atoms with E-state index >= 15 is 0 Å². The quantitative estimate of drug-likeness (QED) is 0.603. The lowest BCUT2D eigenvalue weighted by Gasteiger charge is -2.21. The highest BCUT2D eigenvalue weighted by atomic mass is 32.2. The molecule has 0 saturated carbocycles. The normalized spacial score (nSPS) is 23.2. The molecule has 0 spiro atoms. The predicted molar refractivity (Wildman–Crippen MR) is 45.3 cm³/mol. The zero-order valence-corrected chi connectivity index (χ0v) is 7.60. The van der Waals surface area contributed by atoms with Gasteiger partial charge in [-0.15, -0.1) is 0 Å². The Morgan fingerprint density at radius 3 is 2.50 bits per heavy atom. The summed E-state index contributed by atoms with van der Waals surface area (Å²) in [5.74, 6) is 0.520. The molecule has 1 saturated heterocycles. The second-order valence-corrected chi connectivity index (χ2v) is 5.27. The van der Waals surface area contributed by atoms with Crippen molar-refractivity contribution in [3.8, 4) is 6.07 Å². The summed E-state index contributed by atoms with van der Waals surface area (Å²) >= 11 is 0. The molecule has 0 aromatic heterocycles. The smallest absolute Gasteiger partial charge is 0.150 e. The van der Waals surface area contributed by atoms with Gasteiger partial charge in [-0.2, -0.15) is 5.26 Å². The van der Waals surface area contributed by atoms with Gasteiger partial charge in [-0.25, -0.2) is 8.42 Å². The van der Waals surface area contributed by atoms with Gasteiger partial charge < -0.3 is 5.32 Å². The highest BCUT2D eigenvalue weighted by Gasteiger charge is 2.22. The van der Waals surface area contributed by atoms with Crippen molar-refractivity contribution in [3.05, 3.63) is 0 Å². The van der Waals surface area contributed by atoms with E-state index < -0.39 is 9.84 Å². The van der Waals surface area contributed by atoms with Crippen molar-refractivity contribution in [1.29, 1.82) is 5.26 Å². The minimum absolute atomic E-state index is 0.216. The molecule has 0 amide bonds. The Balaban J connectivity index is 2.32. The lowest BCUT2D eigenvalue weighted by molar-refractivity contribution is 0.484. The molecular formula is C7H12N2O2S. The molecule has 0 radical (unpaired) electrons. The molecule has 1 fully saturated rings. The van der Waals surface area contributed by atoms with Crippen molar-refractivity contribution >= 4 is 9.84 Å². The van der Waals surface area contributed by atoms with Crippen molar-refractivity contribution in [3.63, 3.8) is 0 Å². The van der Waals surface area contributed by atoms with Crippen LogP contribution in [0.3, 0.4) is 0 Å². The molecule has 4 nitrogen and oxygen atoms in total. The SMILES string of the molecule is N#CCNC1CCS(=O)(=O)CC1. The van der Waals surface area contributed by atoms with E-state index in [-0.39, 0.29) is 17.5 Å². The number of nitrogens with zero attached hydrogens (tertiary/aromatic N) is 1. The Labute approximate surface area is 72.5 Å². The molecular weight excluding hydrogens is 176 g/mol. The molecule has 0 aromatic rings. The average Bonchev–Trinajstić information content (AvgIpc) is 2.03. The summed E-state index contributed by atoms with van der Waals surface area (Å²) in [6, 6.07) is 2.19. The van der Waals surface area contributed by atoms with E-state index in [0.29, 0.717) is 19.4 Å². The van der Waals surface area contributed by atoms with Gasteiger partial charge in [0.1, 0.15) is 9.84 Å². The van der Waals surface area contributed by atoms with Crippen LogP contribution in [0.15, 0.2) is 0 Å². The molecule has 1 aliphatic rings. The van der Waals surface area contributed by atoms with E-state index in [9.17, 15) is 8.42 Å². The van der Waals surface area contributed by atoms with E-state index in [2.05, 4.69) is 5.32 Å². The highest BCUT2D eigenvalue weighted by Crippen LogP contribution is 2.11. The first-order chi connectivity index (χ1) is 5.64.